The summed E-state index contributed by atoms with van der Waals surface area (Å²) in [5, 5.41) is 10.0. The lowest BCUT2D eigenvalue weighted by molar-refractivity contribution is 0.223. The monoisotopic (exact) mass is 364 g/mol. The third-order valence-electron chi connectivity index (χ3n) is 5.73. The minimum atomic E-state index is 0.516. The van der Waals surface area contributed by atoms with E-state index in [0.717, 1.165) is 42.8 Å². The summed E-state index contributed by atoms with van der Waals surface area (Å²) < 4.78 is 0. The van der Waals surface area contributed by atoms with Gasteiger partial charge in [0.05, 0.1) is 11.3 Å². The van der Waals surface area contributed by atoms with Crippen LogP contribution in [0.1, 0.15) is 22.9 Å². The summed E-state index contributed by atoms with van der Waals surface area (Å²) in [6, 6.07) is 17.6. The van der Waals surface area contributed by atoms with E-state index in [4.69, 9.17) is 4.98 Å². The van der Waals surface area contributed by atoms with Crippen molar-refractivity contribution in [2.75, 3.05) is 32.9 Å². The van der Waals surface area contributed by atoms with E-state index in [1.165, 1.54) is 5.56 Å². The van der Waals surface area contributed by atoms with Gasteiger partial charge in [-0.05, 0) is 42.8 Å². The van der Waals surface area contributed by atoms with Gasteiger partial charge in [0.1, 0.15) is 11.1 Å². The van der Waals surface area contributed by atoms with Gasteiger partial charge in [-0.2, -0.15) is 5.26 Å². The predicted molar refractivity (Wildman–Crippen MR) is 105 cm³/mol. The number of pyridine rings is 1. The Bertz CT molecular complexity index is 817. The first-order valence-corrected chi connectivity index (χ1v) is 10.3. The summed E-state index contributed by atoms with van der Waals surface area (Å²) in [7, 11) is 2.26. The van der Waals surface area contributed by atoms with Crippen molar-refractivity contribution >= 4 is 11.8 Å². The first-order valence-electron chi connectivity index (χ1n) is 9.11. The second-order valence-electron chi connectivity index (χ2n) is 7.38. The number of aromatic nitrogens is 1. The van der Waals surface area contributed by atoms with Crippen LogP contribution in [0.2, 0.25) is 0 Å². The fraction of sp³-hybridized carbons (Fsp3) is 0.429. The molecule has 2 aromatic rings. The Morgan fingerprint density at radius 3 is 2.69 bits per heavy atom. The lowest BCUT2D eigenvalue weighted by atomic mass is 9.90. The zero-order chi connectivity index (χ0) is 18.1. The maximum Gasteiger partial charge on any atom is 0.114 e. The molecule has 2 aliphatic rings. The quantitative estimate of drug-likeness (QED) is 0.778. The highest BCUT2D eigenvalue weighted by molar-refractivity contribution is 7.98. The summed E-state index contributed by atoms with van der Waals surface area (Å²) in [4.78, 5) is 9.76. The predicted octanol–water partition coefficient (Wildman–Crippen LogP) is 3.41. The Labute approximate surface area is 159 Å². The van der Waals surface area contributed by atoms with E-state index in [9.17, 15) is 5.26 Å². The smallest absolute Gasteiger partial charge is 0.114 e. The second kappa shape index (κ2) is 7.40. The average Bonchev–Trinajstić information content (AvgIpc) is 3.17. The standard InChI is InChI=1S/C21H24N4S/c1-24-11-17-12-25(13-18-9-8-16(10-22)21(23-18)26-2)14-19(17)20(24)15-6-4-3-5-7-15/h3-9,17,19-20H,11-14H2,1-2H3/t17-,19+,20-/m0/s1. The number of likely N-dealkylation sites (tertiary alicyclic amines) is 2. The van der Waals surface area contributed by atoms with E-state index in [1.54, 1.807) is 11.8 Å². The molecule has 0 spiro atoms. The van der Waals surface area contributed by atoms with Crippen molar-refractivity contribution < 1.29 is 0 Å². The van der Waals surface area contributed by atoms with E-state index in [1.807, 2.05) is 18.4 Å². The maximum absolute atomic E-state index is 9.18. The lowest BCUT2D eigenvalue weighted by Gasteiger charge is -2.26. The van der Waals surface area contributed by atoms with Crippen LogP contribution in [0.25, 0.3) is 0 Å². The van der Waals surface area contributed by atoms with Crippen LogP contribution < -0.4 is 0 Å². The average molecular weight is 365 g/mol. The zero-order valence-corrected chi connectivity index (χ0v) is 16.1. The summed E-state index contributed by atoms with van der Waals surface area (Å²) in [6.45, 7) is 4.29. The molecule has 0 N–H and O–H groups in total. The topological polar surface area (TPSA) is 43.2 Å². The van der Waals surface area contributed by atoms with E-state index < -0.39 is 0 Å². The molecule has 0 bridgehead atoms. The van der Waals surface area contributed by atoms with Crippen LogP contribution in [0.15, 0.2) is 47.5 Å². The molecule has 5 heteroatoms. The van der Waals surface area contributed by atoms with Crippen LogP contribution >= 0.6 is 11.8 Å². The Hall–Kier alpha value is -1.87. The third-order valence-corrected chi connectivity index (χ3v) is 6.43. The molecule has 4 rings (SSSR count). The highest BCUT2D eigenvalue weighted by Crippen LogP contribution is 2.44. The summed E-state index contributed by atoms with van der Waals surface area (Å²) in [5.41, 5.74) is 3.17. The van der Waals surface area contributed by atoms with Crippen molar-refractivity contribution in [2.45, 2.75) is 17.6 Å². The number of nitrogens with zero attached hydrogens (tertiary/aromatic N) is 4. The van der Waals surface area contributed by atoms with Gasteiger partial charge in [0.25, 0.3) is 0 Å². The van der Waals surface area contributed by atoms with Crippen LogP contribution in [0.5, 0.6) is 0 Å². The van der Waals surface area contributed by atoms with Gasteiger partial charge in [-0.15, -0.1) is 11.8 Å². The Kier molecular flexibility index (Phi) is 4.99. The molecule has 0 radical (unpaired) electrons. The number of thioether (sulfide) groups is 1. The van der Waals surface area contributed by atoms with Crippen LogP contribution in [0.4, 0.5) is 0 Å². The van der Waals surface area contributed by atoms with E-state index in [2.05, 4.69) is 53.2 Å². The molecular formula is C21H24N4S. The molecule has 4 nitrogen and oxygen atoms in total. The molecule has 3 atom stereocenters. The molecule has 26 heavy (non-hydrogen) atoms. The number of hydrogen-bond acceptors (Lipinski definition) is 5. The van der Waals surface area contributed by atoms with Crippen LogP contribution in [-0.2, 0) is 6.54 Å². The maximum atomic E-state index is 9.18. The Morgan fingerprint density at radius 1 is 1.15 bits per heavy atom. The van der Waals surface area contributed by atoms with E-state index in [0.29, 0.717) is 17.5 Å². The number of benzene rings is 1. The number of fused-ring (bicyclic) bond motifs is 1. The molecule has 134 valence electrons. The molecule has 3 heterocycles. The van der Waals surface area contributed by atoms with E-state index >= 15 is 0 Å². The Morgan fingerprint density at radius 2 is 1.96 bits per heavy atom. The summed E-state index contributed by atoms with van der Waals surface area (Å²) in [5.74, 6) is 1.41. The van der Waals surface area contributed by atoms with Crippen molar-refractivity contribution in [3.8, 4) is 6.07 Å². The van der Waals surface area contributed by atoms with Crippen molar-refractivity contribution in [1.29, 1.82) is 5.26 Å². The van der Waals surface area contributed by atoms with Crippen molar-refractivity contribution in [3.05, 3.63) is 59.3 Å². The highest BCUT2D eigenvalue weighted by Gasteiger charge is 2.45. The van der Waals surface area contributed by atoms with Gasteiger partial charge < -0.3 is 0 Å². The molecule has 0 aliphatic carbocycles. The van der Waals surface area contributed by atoms with E-state index in [-0.39, 0.29) is 0 Å². The first kappa shape index (κ1) is 17.5. The van der Waals surface area contributed by atoms with Gasteiger partial charge in [0.2, 0.25) is 0 Å². The number of nitriles is 1. The van der Waals surface area contributed by atoms with Crippen molar-refractivity contribution in [1.82, 2.24) is 14.8 Å². The third kappa shape index (κ3) is 3.25. The molecule has 0 unspecified atom stereocenters. The molecule has 2 saturated heterocycles. The van der Waals surface area contributed by atoms with Gasteiger partial charge in [-0.1, -0.05) is 30.3 Å². The van der Waals surface area contributed by atoms with Gasteiger partial charge in [-0.3, -0.25) is 9.80 Å². The minimum absolute atomic E-state index is 0.516. The SMILES string of the molecule is CSc1nc(CN2C[C@@H]3CN(C)[C@@H](c4ccccc4)[C@@H]3C2)ccc1C#N. The van der Waals surface area contributed by atoms with Crippen molar-refractivity contribution in [2.24, 2.45) is 11.8 Å². The zero-order valence-electron chi connectivity index (χ0n) is 15.3. The van der Waals surface area contributed by atoms with Gasteiger partial charge in [-0.25, -0.2) is 4.98 Å². The largest absolute Gasteiger partial charge is 0.299 e. The van der Waals surface area contributed by atoms with Gasteiger partial charge in [0, 0.05) is 32.2 Å². The van der Waals surface area contributed by atoms with Crippen molar-refractivity contribution in [3.63, 3.8) is 0 Å². The molecule has 0 amide bonds. The highest BCUT2D eigenvalue weighted by atomic mass is 32.2. The molecule has 1 aromatic carbocycles. The van der Waals surface area contributed by atoms with Gasteiger partial charge >= 0.3 is 0 Å². The molecule has 1 aromatic heterocycles. The van der Waals surface area contributed by atoms with Crippen LogP contribution in [0, 0.1) is 23.2 Å². The summed E-state index contributed by atoms with van der Waals surface area (Å²) >= 11 is 1.55. The summed E-state index contributed by atoms with van der Waals surface area (Å²) in [6.07, 6.45) is 1.98. The minimum Gasteiger partial charge on any atom is -0.299 e. The Balaban J connectivity index is 1.48. The molecule has 2 fully saturated rings. The normalized spacial score (nSPS) is 26.0. The lowest BCUT2D eigenvalue weighted by Crippen LogP contribution is -2.29. The molecule has 0 saturated carbocycles. The molecular weight excluding hydrogens is 340 g/mol. The number of rotatable bonds is 4. The second-order valence-corrected chi connectivity index (χ2v) is 8.18. The molecule has 2 aliphatic heterocycles. The van der Waals surface area contributed by atoms with Crippen LogP contribution in [-0.4, -0.2) is 47.7 Å². The van der Waals surface area contributed by atoms with Crippen LogP contribution in [0.3, 0.4) is 0 Å². The first-order chi connectivity index (χ1) is 12.7. The number of hydrogen-bond donors (Lipinski definition) is 0. The fourth-order valence-corrected chi connectivity index (χ4v) is 5.21. The van der Waals surface area contributed by atoms with Gasteiger partial charge in [0.15, 0.2) is 0 Å². The fourth-order valence-electron chi connectivity index (χ4n) is 4.67.